The number of hydrogen-bond donors (Lipinski definition) is 2. The molecule has 0 bridgehead atoms. The van der Waals surface area contributed by atoms with E-state index in [0.717, 1.165) is 17.7 Å². The fourth-order valence-electron chi connectivity index (χ4n) is 3.18. The number of benzene rings is 2. The van der Waals surface area contributed by atoms with E-state index >= 15 is 0 Å². The van der Waals surface area contributed by atoms with Crippen molar-refractivity contribution in [2.75, 3.05) is 20.2 Å². The predicted molar refractivity (Wildman–Crippen MR) is 104 cm³/mol. The first-order chi connectivity index (χ1) is 13.6. The van der Waals surface area contributed by atoms with Crippen LogP contribution in [0, 0.1) is 17.7 Å². The van der Waals surface area contributed by atoms with Gasteiger partial charge in [-0.2, -0.15) is 0 Å². The Kier molecular flexibility index (Phi) is 6.63. The van der Waals surface area contributed by atoms with E-state index < -0.39 is 0 Å². The summed E-state index contributed by atoms with van der Waals surface area (Å²) in [4.78, 5) is 24.3. The fourth-order valence-corrected chi connectivity index (χ4v) is 3.18. The lowest BCUT2D eigenvalue weighted by molar-refractivity contribution is -0.127. The van der Waals surface area contributed by atoms with Gasteiger partial charge in [-0.05, 0) is 48.6 Å². The Balaban J connectivity index is 1.34. The van der Waals surface area contributed by atoms with Crippen molar-refractivity contribution in [3.8, 4) is 5.75 Å². The molecule has 2 N–H and O–H groups in total. The van der Waals surface area contributed by atoms with Gasteiger partial charge < -0.3 is 15.4 Å². The van der Waals surface area contributed by atoms with Gasteiger partial charge in [-0.25, -0.2) is 4.39 Å². The summed E-state index contributed by atoms with van der Waals surface area (Å²) in [6, 6.07) is 14.2. The van der Waals surface area contributed by atoms with E-state index in [0.29, 0.717) is 31.5 Å². The SMILES string of the molecule is COc1ccc(CCNC(=O)C2CC2C(=O)NCCc2ccccc2F)cc1. The van der Waals surface area contributed by atoms with Crippen LogP contribution in [-0.4, -0.2) is 32.0 Å². The van der Waals surface area contributed by atoms with Crippen LogP contribution in [0.3, 0.4) is 0 Å². The van der Waals surface area contributed by atoms with E-state index in [4.69, 9.17) is 4.74 Å². The molecule has 6 heteroatoms. The van der Waals surface area contributed by atoms with Crippen LogP contribution < -0.4 is 15.4 Å². The molecule has 2 aromatic carbocycles. The van der Waals surface area contributed by atoms with Crippen LogP contribution in [0.15, 0.2) is 48.5 Å². The largest absolute Gasteiger partial charge is 0.497 e. The summed E-state index contributed by atoms with van der Waals surface area (Å²) in [5, 5.41) is 5.70. The monoisotopic (exact) mass is 384 g/mol. The number of carbonyl (C=O) groups is 2. The quantitative estimate of drug-likeness (QED) is 0.698. The number of rotatable bonds is 9. The van der Waals surface area contributed by atoms with Crippen molar-refractivity contribution in [3.05, 3.63) is 65.5 Å². The van der Waals surface area contributed by atoms with Gasteiger partial charge in [0.2, 0.25) is 11.8 Å². The molecule has 1 aliphatic rings. The topological polar surface area (TPSA) is 67.4 Å². The highest BCUT2D eigenvalue weighted by Gasteiger charge is 2.47. The summed E-state index contributed by atoms with van der Waals surface area (Å²) in [6.07, 6.45) is 1.73. The number of carbonyl (C=O) groups excluding carboxylic acids is 2. The Morgan fingerprint density at radius 2 is 1.57 bits per heavy atom. The molecule has 2 amide bonds. The third-order valence-corrected chi connectivity index (χ3v) is 4.99. The number of halogens is 1. The second kappa shape index (κ2) is 9.35. The van der Waals surface area contributed by atoms with E-state index in [1.807, 2.05) is 24.3 Å². The molecule has 3 rings (SSSR count). The molecule has 0 aliphatic heterocycles. The molecule has 0 radical (unpaired) electrons. The average molecular weight is 384 g/mol. The summed E-state index contributed by atoms with van der Waals surface area (Å²) < 4.78 is 18.7. The molecule has 2 unspecified atom stereocenters. The molecule has 0 heterocycles. The maximum Gasteiger partial charge on any atom is 0.223 e. The zero-order valence-corrected chi connectivity index (χ0v) is 15.9. The van der Waals surface area contributed by atoms with Crippen molar-refractivity contribution < 1.29 is 18.7 Å². The second-order valence-electron chi connectivity index (χ2n) is 6.97. The van der Waals surface area contributed by atoms with Crippen molar-refractivity contribution >= 4 is 11.8 Å². The van der Waals surface area contributed by atoms with Gasteiger partial charge >= 0.3 is 0 Å². The van der Waals surface area contributed by atoms with E-state index in [1.54, 1.807) is 25.3 Å². The van der Waals surface area contributed by atoms with Gasteiger partial charge in [-0.15, -0.1) is 0 Å². The maximum absolute atomic E-state index is 13.6. The van der Waals surface area contributed by atoms with Gasteiger partial charge in [0, 0.05) is 13.1 Å². The molecule has 0 spiro atoms. The zero-order valence-electron chi connectivity index (χ0n) is 15.9. The standard InChI is InChI=1S/C22H25FN2O3/c1-28-17-8-6-15(7-9-17)10-12-24-21(26)18-14-19(18)22(27)25-13-11-16-4-2-3-5-20(16)23/h2-9,18-19H,10-14H2,1H3,(H,24,26)(H,25,27). The summed E-state index contributed by atoms with van der Waals surface area (Å²) >= 11 is 0. The second-order valence-corrected chi connectivity index (χ2v) is 6.97. The normalized spacial score (nSPS) is 17.6. The van der Waals surface area contributed by atoms with E-state index in [9.17, 15) is 14.0 Å². The van der Waals surface area contributed by atoms with E-state index in [1.165, 1.54) is 6.07 Å². The lowest BCUT2D eigenvalue weighted by atomic mass is 10.1. The van der Waals surface area contributed by atoms with Crippen molar-refractivity contribution in [1.29, 1.82) is 0 Å². The number of amides is 2. The van der Waals surface area contributed by atoms with Gasteiger partial charge in [0.05, 0.1) is 18.9 Å². The van der Waals surface area contributed by atoms with Crippen LogP contribution in [-0.2, 0) is 22.4 Å². The third-order valence-electron chi connectivity index (χ3n) is 4.99. The first-order valence-electron chi connectivity index (χ1n) is 9.50. The number of ether oxygens (including phenoxy) is 1. The molecular formula is C22H25FN2O3. The highest BCUT2D eigenvalue weighted by Crippen LogP contribution is 2.38. The molecule has 0 saturated heterocycles. The Morgan fingerprint density at radius 3 is 2.18 bits per heavy atom. The van der Waals surface area contributed by atoms with Crippen molar-refractivity contribution in [3.63, 3.8) is 0 Å². The molecule has 2 atom stereocenters. The van der Waals surface area contributed by atoms with Crippen molar-refractivity contribution in [2.24, 2.45) is 11.8 Å². The molecule has 1 saturated carbocycles. The summed E-state index contributed by atoms with van der Waals surface area (Å²) in [6.45, 7) is 0.894. The molecule has 1 fully saturated rings. The van der Waals surface area contributed by atoms with Crippen LogP contribution in [0.1, 0.15) is 17.5 Å². The highest BCUT2D eigenvalue weighted by molar-refractivity contribution is 5.92. The van der Waals surface area contributed by atoms with Crippen molar-refractivity contribution in [2.45, 2.75) is 19.3 Å². The molecule has 1 aliphatic carbocycles. The lowest BCUT2D eigenvalue weighted by Gasteiger charge is -2.07. The maximum atomic E-state index is 13.6. The van der Waals surface area contributed by atoms with Gasteiger partial charge in [0.15, 0.2) is 0 Å². The Hall–Kier alpha value is -2.89. The van der Waals surface area contributed by atoms with Gasteiger partial charge in [-0.3, -0.25) is 9.59 Å². The molecular weight excluding hydrogens is 359 g/mol. The summed E-state index contributed by atoms with van der Waals surface area (Å²) in [7, 11) is 1.62. The molecule has 2 aromatic rings. The molecule has 28 heavy (non-hydrogen) atoms. The zero-order chi connectivity index (χ0) is 19.9. The number of nitrogens with one attached hydrogen (secondary N) is 2. The summed E-state index contributed by atoms with van der Waals surface area (Å²) in [5.74, 6) is -0.216. The van der Waals surface area contributed by atoms with Crippen LogP contribution in [0.2, 0.25) is 0 Å². The van der Waals surface area contributed by atoms with Crippen LogP contribution >= 0.6 is 0 Å². The van der Waals surface area contributed by atoms with Crippen molar-refractivity contribution in [1.82, 2.24) is 10.6 Å². The smallest absolute Gasteiger partial charge is 0.223 e. The average Bonchev–Trinajstić information content (AvgIpc) is 3.51. The van der Waals surface area contributed by atoms with Gasteiger partial charge in [0.25, 0.3) is 0 Å². The molecule has 5 nitrogen and oxygen atoms in total. The first-order valence-corrected chi connectivity index (χ1v) is 9.50. The van der Waals surface area contributed by atoms with Crippen LogP contribution in [0.4, 0.5) is 4.39 Å². The Bertz CT molecular complexity index is 823. The molecule has 148 valence electrons. The number of methoxy groups -OCH3 is 1. The Morgan fingerprint density at radius 1 is 0.964 bits per heavy atom. The van der Waals surface area contributed by atoms with Gasteiger partial charge in [0.1, 0.15) is 11.6 Å². The predicted octanol–water partition coefficient (Wildman–Crippen LogP) is 2.49. The first kappa shape index (κ1) is 19.9. The molecule has 0 aromatic heterocycles. The summed E-state index contributed by atoms with van der Waals surface area (Å²) in [5.41, 5.74) is 1.69. The number of hydrogen-bond acceptors (Lipinski definition) is 3. The van der Waals surface area contributed by atoms with Crippen LogP contribution in [0.5, 0.6) is 5.75 Å². The van der Waals surface area contributed by atoms with Crippen LogP contribution in [0.25, 0.3) is 0 Å². The highest BCUT2D eigenvalue weighted by atomic mass is 19.1. The van der Waals surface area contributed by atoms with E-state index in [-0.39, 0.29) is 29.5 Å². The minimum absolute atomic E-state index is 0.0808. The Labute approximate surface area is 164 Å². The van der Waals surface area contributed by atoms with E-state index in [2.05, 4.69) is 10.6 Å². The minimum Gasteiger partial charge on any atom is -0.497 e. The third kappa shape index (κ3) is 5.31. The minimum atomic E-state index is -0.276. The van der Waals surface area contributed by atoms with Gasteiger partial charge in [-0.1, -0.05) is 30.3 Å². The lowest BCUT2D eigenvalue weighted by Crippen LogP contribution is -2.32. The fraction of sp³-hybridized carbons (Fsp3) is 0.364.